The van der Waals surface area contributed by atoms with Crippen LogP contribution >= 0.6 is 0 Å². The van der Waals surface area contributed by atoms with Crippen molar-refractivity contribution in [2.45, 2.75) is 6.92 Å². The molecule has 0 atom stereocenters. The molecule has 0 aliphatic heterocycles. The second-order valence-corrected chi connectivity index (χ2v) is 3.26. The molecule has 0 aromatic carbocycles. The molecule has 0 saturated carbocycles. The largest absolute Gasteiger partial charge is 0.446 e. The minimum atomic E-state index is 0.427. The van der Waals surface area contributed by atoms with E-state index in [0.717, 1.165) is 5.76 Å². The number of anilines is 2. The predicted octanol–water partition coefficient (Wildman–Crippen LogP) is 1.39. The first kappa shape index (κ1) is 8.84. The molecule has 3 aromatic rings. The monoisotopic (exact) mass is 216 g/mol. The molecule has 0 aliphatic rings. The summed E-state index contributed by atoms with van der Waals surface area (Å²) in [6.45, 7) is 1.87. The highest BCUT2D eigenvalue weighted by Crippen LogP contribution is 2.16. The summed E-state index contributed by atoms with van der Waals surface area (Å²) in [6, 6.07) is 3.67. The molecule has 3 aromatic heterocycles. The fourth-order valence-electron chi connectivity index (χ4n) is 1.33. The standard InChI is InChI=1S/C9H8N6O/c1-5-2-3-7(16-5)11-9-10-4-6-8(12-9)14-15-13-6/h2-4H,1H3,(H2,10,11,12,13,14,15). The quantitative estimate of drug-likeness (QED) is 0.672. The summed E-state index contributed by atoms with van der Waals surface area (Å²) < 4.78 is 5.35. The van der Waals surface area contributed by atoms with Crippen LogP contribution in [0.5, 0.6) is 0 Å². The van der Waals surface area contributed by atoms with Crippen LogP contribution in [0.15, 0.2) is 22.7 Å². The molecule has 0 fully saturated rings. The van der Waals surface area contributed by atoms with Crippen molar-refractivity contribution < 1.29 is 4.42 Å². The Morgan fingerprint density at radius 1 is 1.31 bits per heavy atom. The third-order valence-electron chi connectivity index (χ3n) is 2.05. The van der Waals surface area contributed by atoms with Crippen molar-refractivity contribution in [3.8, 4) is 0 Å². The number of furan rings is 1. The third kappa shape index (κ3) is 1.48. The van der Waals surface area contributed by atoms with Crippen molar-refractivity contribution >= 4 is 23.0 Å². The van der Waals surface area contributed by atoms with Crippen LogP contribution in [0.2, 0.25) is 0 Å². The van der Waals surface area contributed by atoms with Crippen molar-refractivity contribution in [2.75, 3.05) is 5.32 Å². The normalized spacial score (nSPS) is 10.8. The number of aromatic nitrogens is 5. The maximum Gasteiger partial charge on any atom is 0.231 e. The summed E-state index contributed by atoms with van der Waals surface area (Å²) in [4.78, 5) is 8.23. The van der Waals surface area contributed by atoms with Crippen LogP contribution in [0.1, 0.15) is 5.76 Å². The molecule has 3 rings (SSSR count). The van der Waals surface area contributed by atoms with Gasteiger partial charge in [-0.2, -0.15) is 15.3 Å². The Bertz CT molecular complexity index is 628. The minimum absolute atomic E-state index is 0.427. The highest BCUT2D eigenvalue weighted by molar-refractivity contribution is 5.69. The Balaban J connectivity index is 1.94. The summed E-state index contributed by atoms with van der Waals surface area (Å²) >= 11 is 0. The summed E-state index contributed by atoms with van der Waals surface area (Å²) in [5.41, 5.74) is 1.14. The number of aromatic amines is 1. The molecule has 0 spiro atoms. The van der Waals surface area contributed by atoms with Crippen LogP contribution < -0.4 is 5.32 Å². The Kier molecular flexibility index (Phi) is 1.82. The van der Waals surface area contributed by atoms with E-state index in [-0.39, 0.29) is 0 Å². The Labute approximate surface area is 89.9 Å². The van der Waals surface area contributed by atoms with Crippen LogP contribution in [-0.2, 0) is 0 Å². The molecule has 3 heterocycles. The number of nitrogens with zero attached hydrogens (tertiary/aromatic N) is 4. The molecule has 7 nitrogen and oxygen atoms in total. The maximum atomic E-state index is 5.35. The molecular formula is C9H8N6O. The van der Waals surface area contributed by atoms with E-state index in [9.17, 15) is 0 Å². The average molecular weight is 216 g/mol. The van der Waals surface area contributed by atoms with Crippen LogP contribution in [-0.4, -0.2) is 25.4 Å². The molecule has 16 heavy (non-hydrogen) atoms. The highest BCUT2D eigenvalue weighted by atomic mass is 16.4. The third-order valence-corrected chi connectivity index (χ3v) is 2.05. The van der Waals surface area contributed by atoms with E-state index < -0.39 is 0 Å². The lowest BCUT2D eigenvalue weighted by molar-refractivity contribution is 0.550. The topological polar surface area (TPSA) is 92.5 Å². The Morgan fingerprint density at radius 2 is 2.25 bits per heavy atom. The lowest BCUT2D eigenvalue weighted by Crippen LogP contribution is -1.95. The van der Waals surface area contributed by atoms with Gasteiger partial charge in [-0.05, 0) is 13.0 Å². The van der Waals surface area contributed by atoms with E-state index in [1.807, 2.05) is 19.1 Å². The second kappa shape index (κ2) is 3.30. The van der Waals surface area contributed by atoms with Gasteiger partial charge in [0, 0.05) is 6.07 Å². The molecule has 0 aliphatic carbocycles. The van der Waals surface area contributed by atoms with Gasteiger partial charge in [-0.1, -0.05) is 0 Å². The SMILES string of the molecule is Cc1ccc(Nc2ncc3n[nH]nc3n2)o1. The first-order valence-electron chi connectivity index (χ1n) is 4.68. The first-order valence-corrected chi connectivity index (χ1v) is 4.68. The first-order chi connectivity index (χ1) is 7.81. The second-order valence-electron chi connectivity index (χ2n) is 3.26. The number of fused-ring (bicyclic) bond motifs is 1. The fraction of sp³-hybridized carbons (Fsp3) is 0.111. The van der Waals surface area contributed by atoms with Crippen molar-refractivity contribution in [1.82, 2.24) is 25.4 Å². The molecule has 0 unspecified atom stereocenters. The number of H-pyrrole nitrogens is 1. The molecule has 80 valence electrons. The molecule has 0 amide bonds. The predicted molar refractivity (Wildman–Crippen MR) is 56.2 cm³/mol. The zero-order chi connectivity index (χ0) is 11.0. The van der Waals surface area contributed by atoms with Crippen molar-refractivity contribution in [2.24, 2.45) is 0 Å². The van der Waals surface area contributed by atoms with Crippen molar-refractivity contribution in [1.29, 1.82) is 0 Å². The van der Waals surface area contributed by atoms with Crippen molar-refractivity contribution in [3.63, 3.8) is 0 Å². The van der Waals surface area contributed by atoms with Gasteiger partial charge in [0.2, 0.25) is 11.6 Å². The minimum Gasteiger partial charge on any atom is -0.446 e. The van der Waals surface area contributed by atoms with Crippen molar-refractivity contribution in [3.05, 3.63) is 24.1 Å². The lowest BCUT2D eigenvalue weighted by atomic mass is 10.5. The van der Waals surface area contributed by atoms with Gasteiger partial charge < -0.3 is 4.42 Å². The van der Waals surface area contributed by atoms with E-state index >= 15 is 0 Å². The van der Waals surface area contributed by atoms with Gasteiger partial charge in [0.15, 0.2) is 5.88 Å². The summed E-state index contributed by atoms with van der Waals surface area (Å²) in [5, 5.41) is 13.1. The van der Waals surface area contributed by atoms with Gasteiger partial charge in [0.25, 0.3) is 0 Å². The van der Waals surface area contributed by atoms with E-state index in [4.69, 9.17) is 4.42 Å². The van der Waals surface area contributed by atoms with Crippen LogP contribution in [0, 0.1) is 6.92 Å². The number of hydrogen-bond acceptors (Lipinski definition) is 6. The molecule has 7 heteroatoms. The smallest absolute Gasteiger partial charge is 0.231 e. The molecule has 0 bridgehead atoms. The lowest BCUT2D eigenvalue weighted by Gasteiger charge is -1.98. The molecule has 0 saturated heterocycles. The van der Waals surface area contributed by atoms with Gasteiger partial charge in [0.1, 0.15) is 11.3 Å². The maximum absolute atomic E-state index is 5.35. The van der Waals surface area contributed by atoms with E-state index in [0.29, 0.717) is 23.0 Å². The van der Waals surface area contributed by atoms with Crippen LogP contribution in [0.25, 0.3) is 11.2 Å². The van der Waals surface area contributed by atoms with Gasteiger partial charge >= 0.3 is 0 Å². The van der Waals surface area contributed by atoms with Gasteiger partial charge in [0.05, 0.1) is 6.20 Å². The molecule has 0 radical (unpaired) electrons. The summed E-state index contributed by atoms with van der Waals surface area (Å²) in [5.74, 6) is 1.85. The Hall–Kier alpha value is -2.44. The van der Waals surface area contributed by atoms with Gasteiger partial charge in [-0.3, -0.25) is 5.32 Å². The zero-order valence-electron chi connectivity index (χ0n) is 8.43. The number of hydrogen-bond donors (Lipinski definition) is 2. The highest BCUT2D eigenvalue weighted by Gasteiger charge is 2.05. The van der Waals surface area contributed by atoms with Gasteiger partial charge in [-0.15, -0.1) is 5.10 Å². The van der Waals surface area contributed by atoms with E-state index in [1.54, 1.807) is 6.20 Å². The zero-order valence-corrected chi connectivity index (χ0v) is 8.43. The summed E-state index contributed by atoms with van der Waals surface area (Å²) in [6.07, 6.45) is 1.59. The van der Waals surface area contributed by atoms with Crippen LogP contribution in [0.4, 0.5) is 11.8 Å². The van der Waals surface area contributed by atoms with Gasteiger partial charge in [-0.25, -0.2) is 4.98 Å². The average Bonchev–Trinajstić information content (AvgIpc) is 2.87. The Morgan fingerprint density at radius 3 is 3.06 bits per heavy atom. The summed E-state index contributed by atoms with van der Waals surface area (Å²) in [7, 11) is 0. The number of aryl methyl sites for hydroxylation is 1. The van der Waals surface area contributed by atoms with Crippen LogP contribution in [0.3, 0.4) is 0 Å². The van der Waals surface area contributed by atoms with E-state index in [2.05, 4.69) is 30.7 Å². The molecular weight excluding hydrogens is 208 g/mol. The fourth-order valence-corrected chi connectivity index (χ4v) is 1.33. The van der Waals surface area contributed by atoms with E-state index in [1.165, 1.54) is 0 Å². The number of rotatable bonds is 2. The molecule has 2 N–H and O–H groups in total. The number of nitrogens with one attached hydrogen (secondary N) is 2.